The van der Waals surface area contributed by atoms with E-state index in [0.29, 0.717) is 31.6 Å². The lowest BCUT2D eigenvalue weighted by Crippen LogP contribution is -2.32. The lowest BCUT2D eigenvalue weighted by atomic mass is 9.87. The van der Waals surface area contributed by atoms with Gasteiger partial charge in [-0.1, -0.05) is 26.0 Å². The van der Waals surface area contributed by atoms with Crippen molar-refractivity contribution in [3.63, 3.8) is 0 Å². The van der Waals surface area contributed by atoms with Crippen LogP contribution in [0.2, 0.25) is 0 Å². The number of carbonyl (C=O) groups is 1. The predicted molar refractivity (Wildman–Crippen MR) is 99.4 cm³/mol. The minimum Gasteiger partial charge on any atom is -0.493 e. The van der Waals surface area contributed by atoms with Crippen LogP contribution in [0.1, 0.15) is 37.8 Å². The molecule has 1 N–H and O–H groups in total. The van der Waals surface area contributed by atoms with Gasteiger partial charge in [0.2, 0.25) is 5.91 Å². The van der Waals surface area contributed by atoms with Gasteiger partial charge in [-0.3, -0.25) is 4.79 Å². The Labute approximate surface area is 157 Å². The summed E-state index contributed by atoms with van der Waals surface area (Å²) in [6, 6.07) is 7.00. The van der Waals surface area contributed by atoms with Gasteiger partial charge in [0.1, 0.15) is 17.3 Å². The van der Waals surface area contributed by atoms with E-state index in [-0.39, 0.29) is 0 Å². The van der Waals surface area contributed by atoms with Crippen molar-refractivity contribution in [3.05, 3.63) is 58.9 Å². The minimum absolute atomic E-state index is 0.417. The van der Waals surface area contributed by atoms with Gasteiger partial charge in [-0.25, -0.2) is 13.2 Å². The zero-order valence-corrected chi connectivity index (χ0v) is 16.0. The Morgan fingerprint density at radius 3 is 2.33 bits per heavy atom. The Kier molecular flexibility index (Phi) is 6.52. The van der Waals surface area contributed by atoms with Gasteiger partial charge in [-0.2, -0.15) is 0 Å². The number of carbonyl (C=O) groups excluding carboxylic acids is 1. The molecule has 2 aromatic rings. The Morgan fingerprint density at radius 1 is 1.07 bits per heavy atom. The summed E-state index contributed by atoms with van der Waals surface area (Å²) >= 11 is 0. The van der Waals surface area contributed by atoms with Crippen LogP contribution in [0.15, 0.2) is 30.3 Å². The summed E-state index contributed by atoms with van der Waals surface area (Å²) in [4.78, 5) is 12.4. The van der Waals surface area contributed by atoms with Gasteiger partial charge in [0.25, 0.3) is 0 Å². The maximum atomic E-state index is 13.7. The normalized spacial score (nSPS) is 11.4. The molecule has 2 rings (SSSR count). The second-order valence-electron chi connectivity index (χ2n) is 7.30. The monoisotopic (exact) mass is 379 g/mol. The van der Waals surface area contributed by atoms with Gasteiger partial charge in [0.05, 0.1) is 6.61 Å². The van der Waals surface area contributed by atoms with Crippen molar-refractivity contribution in [2.45, 2.75) is 40.5 Å². The first-order chi connectivity index (χ1) is 12.6. The molecule has 27 heavy (non-hydrogen) atoms. The first-order valence-electron chi connectivity index (χ1n) is 8.76. The highest BCUT2D eigenvalue weighted by Crippen LogP contribution is 2.28. The molecule has 0 spiro atoms. The third kappa shape index (κ3) is 5.49. The molecule has 0 aliphatic carbocycles. The standard InChI is InChI=1S/C21H24F3NO2/c1-13-6-7-14(2)18(10-13)27-9-5-8-21(3,4)20(26)25-19-16(23)11-15(22)12-17(19)24/h6-7,10-12H,5,8-9H2,1-4H3,(H,25,26). The minimum atomic E-state index is -1.14. The summed E-state index contributed by atoms with van der Waals surface area (Å²) < 4.78 is 46.2. The van der Waals surface area contributed by atoms with Crippen molar-refractivity contribution in [3.8, 4) is 5.75 Å². The Balaban J connectivity index is 1.92. The maximum absolute atomic E-state index is 13.7. The molecule has 0 fully saturated rings. The second kappa shape index (κ2) is 8.46. The summed E-state index contributed by atoms with van der Waals surface area (Å²) in [5, 5.41) is 2.22. The number of halogens is 3. The van der Waals surface area contributed by atoms with E-state index in [2.05, 4.69) is 5.32 Å². The van der Waals surface area contributed by atoms with Gasteiger partial charge < -0.3 is 10.1 Å². The zero-order valence-electron chi connectivity index (χ0n) is 16.0. The fourth-order valence-electron chi connectivity index (χ4n) is 2.62. The van der Waals surface area contributed by atoms with E-state index >= 15 is 0 Å². The lowest BCUT2D eigenvalue weighted by Gasteiger charge is -2.24. The fourth-order valence-corrected chi connectivity index (χ4v) is 2.62. The van der Waals surface area contributed by atoms with Crippen LogP contribution in [0.25, 0.3) is 0 Å². The molecule has 0 bridgehead atoms. The van der Waals surface area contributed by atoms with E-state index in [9.17, 15) is 18.0 Å². The fraction of sp³-hybridized carbons (Fsp3) is 0.381. The van der Waals surface area contributed by atoms with Crippen LogP contribution < -0.4 is 10.1 Å². The summed E-state index contributed by atoms with van der Waals surface area (Å²) in [5.74, 6) is -3.07. The number of hydrogen-bond acceptors (Lipinski definition) is 2. The first kappa shape index (κ1) is 20.8. The van der Waals surface area contributed by atoms with E-state index < -0.39 is 34.5 Å². The van der Waals surface area contributed by atoms with Gasteiger partial charge in [-0.05, 0) is 43.9 Å². The van der Waals surface area contributed by atoms with Crippen LogP contribution >= 0.6 is 0 Å². The van der Waals surface area contributed by atoms with Gasteiger partial charge in [0.15, 0.2) is 11.6 Å². The predicted octanol–water partition coefficient (Wildman–Crippen LogP) is 5.54. The number of ether oxygens (including phenoxy) is 1. The molecule has 0 aromatic heterocycles. The molecule has 6 heteroatoms. The molecular weight excluding hydrogens is 355 g/mol. The largest absolute Gasteiger partial charge is 0.493 e. The van der Waals surface area contributed by atoms with E-state index in [0.717, 1.165) is 16.9 Å². The van der Waals surface area contributed by atoms with Crippen LogP contribution in [0.5, 0.6) is 5.75 Å². The average molecular weight is 379 g/mol. The van der Waals surface area contributed by atoms with Crippen molar-refractivity contribution in [1.29, 1.82) is 0 Å². The van der Waals surface area contributed by atoms with Crippen molar-refractivity contribution in [2.24, 2.45) is 5.41 Å². The highest BCUT2D eigenvalue weighted by Gasteiger charge is 2.29. The highest BCUT2D eigenvalue weighted by atomic mass is 19.1. The van der Waals surface area contributed by atoms with E-state index in [1.54, 1.807) is 13.8 Å². The van der Waals surface area contributed by atoms with Crippen LogP contribution in [0.4, 0.5) is 18.9 Å². The second-order valence-corrected chi connectivity index (χ2v) is 7.30. The van der Waals surface area contributed by atoms with Crippen molar-refractivity contribution < 1.29 is 22.7 Å². The molecule has 0 atom stereocenters. The van der Waals surface area contributed by atoms with Gasteiger partial charge in [-0.15, -0.1) is 0 Å². The molecule has 0 saturated carbocycles. The van der Waals surface area contributed by atoms with Crippen molar-refractivity contribution in [2.75, 3.05) is 11.9 Å². The topological polar surface area (TPSA) is 38.3 Å². The number of rotatable bonds is 7. The van der Waals surface area contributed by atoms with E-state index in [1.165, 1.54) is 0 Å². The summed E-state index contributed by atoms with van der Waals surface area (Å²) in [6.07, 6.45) is 1.04. The molecule has 146 valence electrons. The SMILES string of the molecule is Cc1ccc(C)c(OCCCC(C)(C)C(=O)Nc2c(F)cc(F)cc2F)c1. The summed E-state index contributed by atoms with van der Waals surface area (Å²) in [5.41, 5.74) is 0.609. The molecule has 2 aromatic carbocycles. The third-order valence-electron chi connectivity index (χ3n) is 4.41. The molecule has 0 unspecified atom stereocenters. The number of amides is 1. The molecular formula is C21H24F3NO2. The van der Waals surface area contributed by atoms with E-state index in [1.807, 2.05) is 32.0 Å². The van der Waals surface area contributed by atoms with Crippen molar-refractivity contribution >= 4 is 11.6 Å². The average Bonchev–Trinajstić information content (AvgIpc) is 2.57. The smallest absolute Gasteiger partial charge is 0.230 e. The maximum Gasteiger partial charge on any atom is 0.230 e. The molecule has 1 amide bonds. The molecule has 0 heterocycles. The van der Waals surface area contributed by atoms with E-state index in [4.69, 9.17) is 4.74 Å². The molecule has 3 nitrogen and oxygen atoms in total. The van der Waals surface area contributed by atoms with Crippen LogP contribution in [0.3, 0.4) is 0 Å². The highest BCUT2D eigenvalue weighted by molar-refractivity contribution is 5.95. The molecule has 0 aliphatic heterocycles. The Morgan fingerprint density at radius 2 is 1.70 bits per heavy atom. The first-order valence-corrected chi connectivity index (χ1v) is 8.76. The molecule has 0 aliphatic rings. The third-order valence-corrected chi connectivity index (χ3v) is 4.41. The Bertz CT molecular complexity index is 811. The Hall–Kier alpha value is -2.50. The zero-order chi connectivity index (χ0) is 20.2. The van der Waals surface area contributed by atoms with Gasteiger partial charge >= 0.3 is 0 Å². The quantitative estimate of drug-likeness (QED) is 0.641. The number of benzene rings is 2. The van der Waals surface area contributed by atoms with Crippen LogP contribution in [-0.2, 0) is 4.79 Å². The number of nitrogens with one attached hydrogen (secondary N) is 1. The van der Waals surface area contributed by atoms with Crippen molar-refractivity contribution in [1.82, 2.24) is 0 Å². The molecule has 0 saturated heterocycles. The van der Waals surface area contributed by atoms with Gasteiger partial charge in [0, 0.05) is 17.5 Å². The van der Waals surface area contributed by atoms with Crippen LogP contribution in [-0.4, -0.2) is 12.5 Å². The molecule has 0 radical (unpaired) electrons. The number of hydrogen-bond donors (Lipinski definition) is 1. The van der Waals surface area contributed by atoms with Crippen LogP contribution in [0, 0.1) is 36.7 Å². The lowest BCUT2D eigenvalue weighted by molar-refractivity contribution is -0.124. The number of anilines is 1. The summed E-state index contributed by atoms with van der Waals surface area (Å²) in [7, 11) is 0. The number of aryl methyl sites for hydroxylation is 2. The summed E-state index contributed by atoms with van der Waals surface area (Å²) in [6.45, 7) is 7.71.